The van der Waals surface area contributed by atoms with Crippen LogP contribution in [-0.2, 0) is 6.54 Å². The van der Waals surface area contributed by atoms with Crippen LogP contribution in [0, 0.1) is 0 Å². The second-order valence-corrected chi connectivity index (χ2v) is 4.83. The van der Waals surface area contributed by atoms with Crippen molar-refractivity contribution in [2.24, 2.45) is 5.73 Å². The molecule has 1 saturated heterocycles. The van der Waals surface area contributed by atoms with E-state index in [2.05, 4.69) is 40.8 Å². The summed E-state index contributed by atoms with van der Waals surface area (Å²) in [5.74, 6) is 0. The third-order valence-corrected chi connectivity index (χ3v) is 3.40. The molecule has 1 aromatic rings. The topological polar surface area (TPSA) is 47.1 Å². The van der Waals surface area contributed by atoms with Crippen molar-refractivity contribution in [2.45, 2.75) is 45.3 Å². The average molecular weight is 222 g/mol. The Kier molecular flexibility index (Phi) is 3.61. The highest BCUT2D eigenvalue weighted by atomic mass is 15.3. The maximum absolute atomic E-state index is 5.89. The molecule has 2 N–H and O–H groups in total. The summed E-state index contributed by atoms with van der Waals surface area (Å²) in [5.41, 5.74) is 7.05. The Bertz CT molecular complexity index is 334. The second-order valence-electron chi connectivity index (χ2n) is 4.83. The third kappa shape index (κ3) is 2.62. The summed E-state index contributed by atoms with van der Waals surface area (Å²) >= 11 is 0. The quantitative estimate of drug-likeness (QED) is 0.837. The molecule has 0 amide bonds. The summed E-state index contributed by atoms with van der Waals surface area (Å²) in [7, 11) is 0. The molecule has 0 bridgehead atoms. The smallest absolute Gasteiger partial charge is 0.0764 e. The fraction of sp³-hybridized carbons (Fsp3) is 0.750. The molecule has 4 nitrogen and oxygen atoms in total. The van der Waals surface area contributed by atoms with E-state index in [4.69, 9.17) is 5.73 Å². The lowest BCUT2D eigenvalue weighted by Gasteiger charge is -2.13. The summed E-state index contributed by atoms with van der Waals surface area (Å²) in [6.07, 6.45) is 4.32. The van der Waals surface area contributed by atoms with Gasteiger partial charge >= 0.3 is 0 Å². The first-order valence-electron chi connectivity index (χ1n) is 6.21. The maximum Gasteiger partial charge on any atom is 0.0764 e. The van der Waals surface area contributed by atoms with Crippen molar-refractivity contribution in [1.29, 1.82) is 0 Å². The number of rotatable bonds is 4. The fourth-order valence-electron chi connectivity index (χ4n) is 2.13. The number of hydrogen-bond acceptors (Lipinski definition) is 3. The molecule has 2 heterocycles. The van der Waals surface area contributed by atoms with Gasteiger partial charge < -0.3 is 5.73 Å². The van der Waals surface area contributed by atoms with Crippen LogP contribution in [0.3, 0.4) is 0 Å². The molecule has 1 aromatic heterocycles. The van der Waals surface area contributed by atoms with E-state index in [0.29, 0.717) is 12.1 Å². The first-order chi connectivity index (χ1) is 7.69. The Morgan fingerprint density at radius 2 is 2.44 bits per heavy atom. The Morgan fingerprint density at radius 1 is 1.62 bits per heavy atom. The summed E-state index contributed by atoms with van der Waals surface area (Å²) in [6, 6.07) is 2.97. The monoisotopic (exact) mass is 222 g/mol. The van der Waals surface area contributed by atoms with Crippen LogP contribution in [0.1, 0.15) is 38.4 Å². The van der Waals surface area contributed by atoms with Crippen molar-refractivity contribution in [3.8, 4) is 0 Å². The van der Waals surface area contributed by atoms with Gasteiger partial charge in [0.1, 0.15) is 0 Å². The van der Waals surface area contributed by atoms with Gasteiger partial charge in [-0.15, -0.1) is 0 Å². The minimum atomic E-state index is 0.358. The maximum atomic E-state index is 5.89. The molecular weight excluding hydrogens is 200 g/mol. The average Bonchev–Trinajstić information content (AvgIpc) is 2.87. The molecule has 0 spiro atoms. The Morgan fingerprint density at radius 3 is 3.06 bits per heavy atom. The van der Waals surface area contributed by atoms with Gasteiger partial charge in [0.15, 0.2) is 0 Å². The SMILES string of the molecule is CCC(C)n1ccc(CN2CC[C@@H](N)C2)n1. The predicted octanol–water partition coefficient (Wildman–Crippen LogP) is 1.39. The Labute approximate surface area is 97.4 Å². The molecule has 90 valence electrons. The largest absolute Gasteiger partial charge is 0.326 e. The second kappa shape index (κ2) is 4.97. The van der Waals surface area contributed by atoms with Gasteiger partial charge in [-0.1, -0.05) is 6.92 Å². The molecule has 0 saturated carbocycles. The number of aromatic nitrogens is 2. The van der Waals surface area contributed by atoms with Crippen molar-refractivity contribution < 1.29 is 0 Å². The zero-order chi connectivity index (χ0) is 11.5. The van der Waals surface area contributed by atoms with Crippen LogP contribution in [0.15, 0.2) is 12.3 Å². The first-order valence-corrected chi connectivity index (χ1v) is 6.21. The minimum Gasteiger partial charge on any atom is -0.326 e. The molecule has 1 aliphatic rings. The Hall–Kier alpha value is -0.870. The lowest BCUT2D eigenvalue weighted by molar-refractivity contribution is 0.319. The first kappa shape index (κ1) is 11.6. The van der Waals surface area contributed by atoms with Crippen molar-refractivity contribution in [3.05, 3.63) is 18.0 Å². The highest BCUT2D eigenvalue weighted by molar-refractivity contribution is 5.00. The van der Waals surface area contributed by atoms with Crippen LogP contribution in [0.25, 0.3) is 0 Å². The number of hydrogen-bond donors (Lipinski definition) is 1. The number of nitrogens with two attached hydrogens (primary N) is 1. The molecule has 0 aromatic carbocycles. The van der Waals surface area contributed by atoms with Gasteiger partial charge in [0.2, 0.25) is 0 Å². The van der Waals surface area contributed by atoms with E-state index in [1.165, 1.54) is 0 Å². The van der Waals surface area contributed by atoms with Crippen molar-refractivity contribution in [3.63, 3.8) is 0 Å². The standard InChI is InChI=1S/C12H22N4/c1-3-10(2)16-7-5-12(14-16)9-15-6-4-11(13)8-15/h5,7,10-11H,3-4,6,8-9,13H2,1-2H3/t10?,11-/m1/s1. The van der Waals surface area contributed by atoms with Crippen molar-refractivity contribution >= 4 is 0 Å². The van der Waals surface area contributed by atoms with Gasteiger partial charge in [-0.2, -0.15) is 5.10 Å². The minimum absolute atomic E-state index is 0.358. The molecule has 1 unspecified atom stereocenters. The fourth-order valence-corrected chi connectivity index (χ4v) is 2.13. The van der Waals surface area contributed by atoms with Crippen LogP contribution in [-0.4, -0.2) is 33.8 Å². The number of likely N-dealkylation sites (tertiary alicyclic amines) is 1. The van der Waals surface area contributed by atoms with E-state index in [1.54, 1.807) is 0 Å². The number of nitrogens with zero attached hydrogens (tertiary/aromatic N) is 3. The van der Waals surface area contributed by atoms with E-state index >= 15 is 0 Å². The van der Waals surface area contributed by atoms with Gasteiger partial charge in [0.25, 0.3) is 0 Å². The molecule has 16 heavy (non-hydrogen) atoms. The highest BCUT2D eigenvalue weighted by Crippen LogP contribution is 2.13. The van der Waals surface area contributed by atoms with E-state index < -0.39 is 0 Å². The summed E-state index contributed by atoms with van der Waals surface area (Å²) in [6.45, 7) is 7.44. The lowest BCUT2D eigenvalue weighted by atomic mass is 10.3. The Balaban J connectivity index is 1.92. The van der Waals surface area contributed by atoms with Gasteiger partial charge in [-0.25, -0.2) is 0 Å². The molecule has 0 aliphatic carbocycles. The summed E-state index contributed by atoms with van der Waals surface area (Å²) in [4.78, 5) is 2.38. The van der Waals surface area contributed by atoms with Crippen molar-refractivity contribution in [2.75, 3.05) is 13.1 Å². The lowest BCUT2D eigenvalue weighted by Crippen LogP contribution is -2.26. The van der Waals surface area contributed by atoms with Gasteiger partial charge in [-0.05, 0) is 25.8 Å². The molecule has 4 heteroatoms. The highest BCUT2D eigenvalue weighted by Gasteiger charge is 2.19. The van der Waals surface area contributed by atoms with Crippen LogP contribution < -0.4 is 5.73 Å². The molecule has 2 rings (SSSR count). The molecule has 2 atom stereocenters. The van der Waals surface area contributed by atoms with Gasteiger partial charge in [-0.3, -0.25) is 9.58 Å². The van der Waals surface area contributed by atoms with E-state index in [0.717, 1.165) is 38.2 Å². The van der Waals surface area contributed by atoms with E-state index in [9.17, 15) is 0 Å². The van der Waals surface area contributed by atoms with Gasteiger partial charge in [0.05, 0.1) is 5.69 Å². The third-order valence-electron chi connectivity index (χ3n) is 3.40. The molecule has 0 radical (unpaired) electrons. The summed E-state index contributed by atoms with van der Waals surface area (Å²) in [5, 5.41) is 4.60. The van der Waals surface area contributed by atoms with Crippen molar-refractivity contribution in [1.82, 2.24) is 14.7 Å². The zero-order valence-electron chi connectivity index (χ0n) is 10.3. The summed E-state index contributed by atoms with van der Waals surface area (Å²) < 4.78 is 2.06. The normalized spacial score (nSPS) is 23.8. The molecular formula is C12H22N4. The van der Waals surface area contributed by atoms with Crippen LogP contribution in [0.2, 0.25) is 0 Å². The molecule has 1 aliphatic heterocycles. The van der Waals surface area contributed by atoms with Gasteiger partial charge in [0, 0.05) is 37.9 Å². The van der Waals surface area contributed by atoms with E-state index in [1.807, 2.05) is 0 Å². The van der Waals surface area contributed by atoms with Crippen LogP contribution in [0.5, 0.6) is 0 Å². The van der Waals surface area contributed by atoms with Crippen LogP contribution >= 0.6 is 0 Å². The predicted molar refractivity (Wildman–Crippen MR) is 65.1 cm³/mol. The zero-order valence-corrected chi connectivity index (χ0v) is 10.3. The van der Waals surface area contributed by atoms with E-state index in [-0.39, 0.29) is 0 Å². The molecule has 1 fully saturated rings. The van der Waals surface area contributed by atoms with Crippen LogP contribution in [0.4, 0.5) is 0 Å².